The topological polar surface area (TPSA) is 44.9 Å². The van der Waals surface area contributed by atoms with E-state index in [1.165, 1.54) is 29.0 Å². The Kier molecular flexibility index (Phi) is 6.60. The van der Waals surface area contributed by atoms with Crippen molar-refractivity contribution in [2.24, 2.45) is 0 Å². The van der Waals surface area contributed by atoms with Crippen molar-refractivity contribution in [3.63, 3.8) is 0 Å². The Balaban J connectivity index is 2.09. The number of unbranched alkanes of at least 4 members (excludes halogenated alkanes) is 1. The van der Waals surface area contributed by atoms with Gasteiger partial charge in [0.05, 0.1) is 0 Å². The quantitative estimate of drug-likeness (QED) is 0.739. The first-order chi connectivity index (χ1) is 11.0. The van der Waals surface area contributed by atoms with Crippen LogP contribution >= 0.6 is 11.3 Å². The zero-order valence-electron chi connectivity index (χ0n) is 14.7. The molecule has 0 saturated heterocycles. The molecule has 0 spiro atoms. The number of hydrogen-bond acceptors (Lipinski definition) is 3. The Hall–Kier alpha value is -1.39. The van der Waals surface area contributed by atoms with Crippen LogP contribution in [0, 0.1) is 6.92 Å². The van der Waals surface area contributed by atoms with Crippen LogP contribution in [-0.2, 0) is 13.0 Å². The van der Waals surface area contributed by atoms with Gasteiger partial charge in [0.25, 0.3) is 5.56 Å². The maximum atomic E-state index is 11.9. The molecule has 0 aromatic carbocycles. The summed E-state index contributed by atoms with van der Waals surface area (Å²) in [5.74, 6) is 0. The molecule has 1 unspecified atom stereocenters. The summed E-state index contributed by atoms with van der Waals surface area (Å²) >= 11 is 1.81. The highest BCUT2D eigenvalue weighted by atomic mass is 32.1. The average molecular weight is 333 g/mol. The molecule has 4 heteroatoms. The first kappa shape index (κ1) is 18.0. The monoisotopic (exact) mass is 332 g/mol. The highest BCUT2D eigenvalue weighted by Gasteiger charge is 2.10. The molecule has 3 nitrogen and oxygen atoms in total. The lowest BCUT2D eigenvalue weighted by atomic mass is 10.1. The summed E-state index contributed by atoms with van der Waals surface area (Å²) in [4.78, 5) is 17.4. The molecule has 126 valence electrons. The number of nitrogens with one attached hydrogen (secondary N) is 2. The Labute approximate surface area is 143 Å². The largest absolute Gasteiger partial charge is 0.326 e. The highest BCUT2D eigenvalue weighted by Crippen LogP contribution is 2.30. The van der Waals surface area contributed by atoms with Crippen molar-refractivity contribution in [2.75, 3.05) is 0 Å². The molecular formula is C19H28N2OS. The minimum atomic E-state index is 0.0388. The molecule has 0 aliphatic rings. The van der Waals surface area contributed by atoms with Crippen molar-refractivity contribution in [1.29, 1.82) is 0 Å². The predicted octanol–water partition coefficient (Wildman–Crippen LogP) is 4.64. The highest BCUT2D eigenvalue weighted by molar-refractivity contribution is 7.15. The van der Waals surface area contributed by atoms with E-state index in [1.807, 2.05) is 19.9 Å². The number of aryl methyl sites for hydroxylation is 2. The van der Waals surface area contributed by atoms with Gasteiger partial charge in [0.2, 0.25) is 0 Å². The van der Waals surface area contributed by atoms with E-state index in [1.54, 1.807) is 11.3 Å². The predicted molar refractivity (Wildman–Crippen MR) is 100 cm³/mol. The second-order valence-corrected chi connectivity index (χ2v) is 7.37. The van der Waals surface area contributed by atoms with E-state index in [-0.39, 0.29) is 5.56 Å². The molecule has 0 radical (unpaired) electrons. The molecular weight excluding hydrogens is 304 g/mol. The van der Waals surface area contributed by atoms with Crippen molar-refractivity contribution < 1.29 is 0 Å². The summed E-state index contributed by atoms with van der Waals surface area (Å²) in [6.07, 6.45) is 4.52. The molecule has 2 aromatic rings. The van der Waals surface area contributed by atoms with Crippen LogP contribution in [0.25, 0.3) is 10.4 Å². The molecule has 2 aromatic heterocycles. The SMILES string of the molecule is CCCCC(C)NCc1ccc(-c2cc(CC)c(=O)[nH]c2C)s1. The van der Waals surface area contributed by atoms with Crippen molar-refractivity contribution in [1.82, 2.24) is 10.3 Å². The Morgan fingerprint density at radius 3 is 2.78 bits per heavy atom. The van der Waals surface area contributed by atoms with Gasteiger partial charge in [0, 0.05) is 39.2 Å². The van der Waals surface area contributed by atoms with Gasteiger partial charge in [-0.15, -0.1) is 11.3 Å². The number of pyridine rings is 1. The summed E-state index contributed by atoms with van der Waals surface area (Å²) < 4.78 is 0. The van der Waals surface area contributed by atoms with E-state index in [0.29, 0.717) is 6.04 Å². The molecule has 0 aliphatic carbocycles. The van der Waals surface area contributed by atoms with Crippen LogP contribution in [0.1, 0.15) is 56.2 Å². The Morgan fingerprint density at radius 1 is 1.30 bits per heavy atom. The van der Waals surface area contributed by atoms with E-state index >= 15 is 0 Å². The summed E-state index contributed by atoms with van der Waals surface area (Å²) in [7, 11) is 0. The van der Waals surface area contributed by atoms with Crippen molar-refractivity contribution >= 4 is 11.3 Å². The molecule has 0 aliphatic heterocycles. The fourth-order valence-electron chi connectivity index (χ4n) is 2.69. The van der Waals surface area contributed by atoms with Crippen LogP contribution in [0.5, 0.6) is 0 Å². The molecule has 1 atom stereocenters. The van der Waals surface area contributed by atoms with Gasteiger partial charge in [-0.3, -0.25) is 4.79 Å². The lowest BCUT2D eigenvalue weighted by molar-refractivity contribution is 0.497. The molecule has 0 bridgehead atoms. The number of rotatable bonds is 8. The van der Waals surface area contributed by atoms with Gasteiger partial charge in [0.15, 0.2) is 0 Å². The smallest absolute Gasteiger partial charge is 0.251 e. The molecule has 0 saturated carbocycles. The Morgan fingerprint density at radius 2 is 2.09 bits per heavy atom. The summed E-state index contributed by atoms with van der Waals surface area (Å²) in [5, 5.41) is 3.60. The van der Waals surface area contributed by atoms with Gasteiger partial charge < -0.3 is 10.3 Å². The minimum Gasteiger partial charge on any atom is -0.326 e. The fraction of sp³-hybridized carbons (Fsp3) is 0.526. The third-order valence-corrected chi connectivity index (χ3v) is 5.36. The third-order valence-electron chi connectivity index (χ3n) is 4.24. The van der Waals surface area contributed by atoms with E-state index in [4.69, 9.17) is 0 Å². The van der Waals surface area contributed by atoms with Crippen molar-refractivity contribution in [3.8, 4) is 10.4 Å². The van der Waals surface area contributed by atoms with E-state index in [0.717, 1.165) is 29.8 Å². The van der Waals surface area contributed by atoms with Crippen LogP contribution in [0.4, 0.5) is 0 Å². The third kappa shape index (κ3) is 4.79. The molecule has 0 amide bonds. The van der Waals surface area contributed by atoms with Gasteiger partial charge >= 0.3 is 0 Å². The maximum absolute atomic E-state index is 11.9. The zero-order valence-corrected chi connectivity index (χ0v) is 15.5. The van der Waals surface area contributed by atoms with Gasteiger partial charge in [0.1, 0.15) is 0 Å². The number of aromatic nitrogens is 1. The molecule has 2 heterocycles. The van der Waals surface area contributed by atoms with E-state index in [9.17, 15) is 4.79 Å². The number of aromatic amines is 1. The first-order valence-electron chi connectivity index (χ1n) is 8.60. The van der Waals surface area contributed by atoms with Crippen LogP contribution in [0.3, 0.4) is 0 Å². The van der Waals surface area contributed by atoms with Gasteiger partial charge in [-0.25, -0.2) is 0 Å². The second kappa shape index (κ2) is 8.46. The van der Waals surface area contributed by atoms with Crippen LogP contribution in [0.15, 0.2) is 23.0 Å². The normalized spacial score (nSPS) is 12.5. The van der Waals surface area contributed by atoms with Crippen molar-refractivity contribution in [2.45, 2.75) is 66.0 Å². The summed E-state index contributed by atoms with van der Waals surface area (Å²) in [5.41, 5.74) is 2.99. The van der Waals surface area contributed by atoms with Crippen LogP contribution < -0.4 is 10.9 Å². The van der Waals surface area contributed by atoms with Gasteiger partial charge in [-0.2, -0.15) is 0 Å². The minimum absolute atomic E-state index is 0.0388. The average Bonchev–Trinajstić information content (AvgIpc) is 2.99. The number of hydrogen-bond donors (Lipinski definition) is 2. The lowest BCUT2D eigenvalue weighted by Gasteiger charge is -2.12. The lowest BCUT2D eigenvalue weighted by Crippen LogP contribution is -2.24. The van der Waals surface area contributed by atoms with Gasteiger partial charge in [-0.1, -0.05) is 26.7 Å². The standard InChI is InChI=1S/C19H28N2OS/c1-5-7-8-13(3)20-12-16-9-10-18(23-16)17-11-15(6-2)19(22)21-14(17)4/h9-11,13,20H,5-8,12H2,1-4H3,(H,21,22). The van der Waals surface area contributed by atoms with E-state index in [2.05, 4.69) is 36.3 Å². The summed E-state index contributed by atoms with van der Waals surface area (Å²) in [6.45, 7) is 9.39. The fourth-order valence-corrected chi connectivity index (χ4v) is 3.72. The van der Waals surface area contributed by atoms with E-state index < -0.39 is 0 Å². The van der Waals surface area contributed by atoms with Gasteiger partial charge in [-0.05, 0) is 44.9 Å². The second-order valence-electron chi connectivity index (χ2n) is 6.21. The zero-order chi connectivity index (χ0) is 16.8. The van der Waals surface area contributed by atoms with Crippen LogP contribution in [0.2, 0.25) is 0 Å². The number of thiophene rings is 1. The molecule has 0 fully saturated rings. The van der Waals surface area contributed by atoms with Crippen LogP contribution in [-0.4, -0.2) is 11.0 Å². The summed E-state index contributed by atoms with van der Waals surface area (Å²) in [6, 6.07) is 6.96. The molecule has 2 N–H and O–H groups in total. The van der Waals surface area contributed by atoms with Crippen molar-refractivity contribution in [3.05, 3.63) is 44.7 Å². The molecule has 23 heavy (non-hydrogen) atoms. The number of H-pyrrole nitrogens is 1. The maximum Gasteiger partial charge on any atom is 0.251 e. The molecule has 2 rings (SSSR count). The first-order valence-corrected chi connectivity index (χ1v) is 9.42. The Bertz CT molecular complexity index is 687.